The lowest BCUT2D eigenvalue weighted by atomic mass is 10.0. The third-order valence-electron chi connectivity index (χ3n) is 2.07. The maximum Gasteiger partial charge on any atom is 0.0279 e. The van der Waals surface area contributed by atoms with Gasteiger partial charge in [-0.3, -0.25) is 0 Å². The maximum absolute atomic E-state index is 3.80. The van der Waals surface area contributed by atoms with Crippen molar-refractivity contribution in [1.29, 1.82) is 0 Å². The highest BCUT2D eigenvalue weighted by atomic mass is 14.0. The van der Waals surface area contributed by atoms with Gasteiger partial charge in [0.15, 0.2) is 0 Å². The lowest BCUT2D eigenvalue weighted by molar-refractivity contribution is 1.30. The fourth-order valence-corrected chi connectivity index (χ4v) is 1.19. The van der Waals surface area contributed by atoms with Crippen LogP contribution >= 0.6 is 0 Å². The fourth-order valence-electron chi connectivity index (χ4n) is 1.19. The lowest BCUT2D eigenvalue weighted by Gasteiger charge is -2.04. The average molecular weight is 198 g/mol. The first-order chi connectivity index (χ1) is 7.17. The summed E-state index contributed by atoms with van der Waals surface area (Å²) >= 11 is 0. The standard InChI is InChI=1S/C15H18/c1-6-9-10-11-12-14(5)15(8-3)13(4)7-2/h6-8,12H,1-3,11H2,4-5H3/b14-12+,15-13+. The molecule has 0 nitrogen and oxygen atoms in total. The van der Waals surface area contributed by atoms with Crippen LogP contribution in [0, 0.1) is 11.8 Å². The van der Waals surface area contributed by atoms with Crippen LogP contribution in [0.25, 0.3) is 0 Å². The van der Waals surface area contributed by atoms with Gasteiger partial charge in [-0.25, -0.2) is 0 Å². The van der Waals surface area contributed by atoms with Crippen LogP contribution in [0.2, 0.25) is 0 Å². The number of hydrogen-bond acceptors (Lipinski definition) is 0. The summed E-state index contributed by atoms with van der Waals surface area (Å²) in [6, 6.07) is 0. The van der Waals surface area contributed by atoms with E-state index >= 15 is 0 Å². The molecule has 0 saturated heterocycles. The predicted octanol–water partition coefficient (Wildman–Crippen LogP) is 4.20. The fraction of sp³-hybridized carbons (Fsp3) is 0.200. The van der Waals surface area contributed by atoms with E-state index in [2.05, 4.69) is 44.6 Å². The smallest absolute Gasteiger partial charge is 0.0279 e. The van der Waals surface area contributed by atoms with Gasteiger partial charge in [-0.15, -0.1) is 0 Å². The molecule has 0 bridgehead atoms. The van der Waals surface area contributed by atoms with E-state index < -0.39 is 0 Å². The SMILES string of the molecule is C=CC#CC/C=C(C)/C(C=C)=C(\C)C=C. The summed E-state index contributed by atoms with van der Waals surface area (Å²) in [5.74, 6) is 5.79. The molecule has 0 aliphatic rings. The quantitative estimate of drug-likeness (QED) is 0.469. The van der Waals surface area contributed by atoms with Gasteiger partial charge in [-0.2, -0.15) is 0 Å². The molecule has 0 radical (unpaired) electrons. The van der Waals surface area contributed by atoms with Crippen molar-refractivity contribution in [3.8, 4) is 11.8 Å². The van der Waals surface area contributed by atoms with Gasteiger partial charge in [-0.05, 0) is 36.6 Å². The zero-order valence-corrected chi connectivity index (χ0v) is 9.64. The largest absolute Gasteiger partial charge is 0.0988 e. The van der Waals surface area contributed by atoms with Crippen molar-refractivity contribution in [3.05, 3.63) is 60.8 Å². The molecule has 0 amide bonds. The van der Waals surface area contributed by atoms with Crippen molar-refractivity contribution < 1.29 is 0 Å². The molecule has 0 N–H and O–H groups in total. The van der Waals surface area contributed by atoms with Gasteiger partial charge in [0.2, 0.25) is 0 Å². The van der Waals surface area contributed by atoms with E-state index in [4.69, 9.17) is 0 Å². The van der Waals surface area contributed by atoms with Crippen molar-refractivity contribution in [1.82, 2.24) is 0 Å². The third kappa shape index (κ3) is 4.88. The highest BCUT2D eigenvalue weighted by Crippen LogP contribution is 2.16. The highest BCUT2D eigenvalue weighted by molar-refractivity contribution is 5.44. The summed E-state index contributed by atoms with van der Waals surface area (Å²) in [5.41, 5.74) is 3.45. The zero-order chi connectivity index (χ0) is 11.7. The van der Waals surface area contributed by atoms with Crippen LogP contribution < -0.4 is 0 Å². The summed E-state index contributed by atoms with van der Waals surface area (Å²) in [6.45, 7) is 15.2. The summed E-state index contributed by atoms with van der Waals surface area (Å²) in [6.07, 6.45) is 8.11. The predicted molar refractivity (Wildman–Crippen MR) is 69.4 cm³/mol. The second-order valence-corrected chi connectivity index (χ2v) is 3.12. The molecular formula is C15H18. The first kappa shape index (κ1) is 13.3. The van der Waals surface area contributed by atoms with Gasteiger partial charge < -0.3 is 0 Å². The molecule has 0 unspecified atom stereocenters. The minimum atomic E-state index is 0.736. The summed E-state index contributed by atoms with van der Waals surface area (Å²) in [4.78, 5) is 0. The molecule has 15 heavy (non-hydrogen) atoms. The molecular weight excluding hydrogens is 180 g/mol. The monoisotopic (exact) mass is 198 g/mol. The Kier molecular flexibility index (Phi) is 6.76. The molecule has 0 spiro atoms. The summed E-state index contributed by atoms with van der Waals surface area (Å²) in [7, 11) is 0. The minimum absolute atomic E-state index is 0.736. The molecule has 0 heteroatoms. The van der Waals surface area contributed by atoms with Crippen molar-refractivity contribution in [2.24, 2.45) is 0 Å². The molecule has 0 aliphatic carbocycles. The first-order valence-corrected chi connectivity index (χ1v) is 4.89. The third-order valence-corrected chi connectivity index (χ3v) is 2.07. The Morgan fingerprint density at radius 3 is 2.27 bits per heavy atom. The Bertz CT molecular complexity index is 365. The molecule has 0 aromatic carbocycles. The second-order valence-electron chi connectivity index (χ2n) is 3.12. The van der Waals surface area contributed by atoms with Gasteiger partial charge in [0.25, 0.3) is 0 Å². The van der Waals surface area contributed by atoms with Crippen LogP contribution in [-0.2, 0) is 0 Å². The van der Waals surface area contributed by atoms with E-state index in [-0.39, 0.29) is 0 Å². The highest BCUT2D eigenvalue weighted by Gasteiger charge is 1.97. The van der Waals surface area contributed by atoms with E-state index in [9.17, 15) is 0 Å². The second kappa shape index (κ2) is 7.64. The first-order valence-electron chi connectivity index (χ1n) is 4.89. The van der Waals surface area contributed by atoms with E-state index in [1.807, 2.05) is 19.1 Å². The lowest BCUT2D eigenvalue weighted by Crippen LogP contribution is -1.85. The number of hydrogen-bond donors (Lipinski definition) is 0. The van der Waals surface area contributed by atoms with Gasteiger partial charge in [0, 0.05) is 6.42 Å². The number of allylic oxidation sites excluding steroid dienone is 7. The van der Waals surface area contributed by atoms with Crippen LogP contribution in [0.4, 0.5) is 0 Å². The van der Waals surface area contributed by atoms with Crippen LogP contribution in [0.1, 0.15) is 20.3 Å². The Labute approximate surface area is 93.4 Å². The molecule has 0 aliphatic heterocycles. The molecule has 0 aromatic rings. The van der Waals surface area contributed by atoms with Gasteiger partial charge in [0.05, 0.1) is 0 Å². The Hall–Kier alpha value is -1.74. The number of rotatable bonds is 4. The average Bonchev–Trinajstić information content (AvgIpc) is 2.25. The van der Waals surface area contributed by atoms with Crippen LogP contribution in [-0.4, -0.2) is 0 Å². The molecule has 0 aromatic heterocycles. The van der Waals surface area contributed by atoms with E-state index in [0.717, 1.165) is 17.6 Å². The Morgan fingerprint density at radius 2 is 1.80 bits per heavy atom. The van der Waals surface area contributed by atoms with Crippen molar-refractivity contribution in [2.45, 2.75) is 20.3 Å². The van der Waals surface area contributed by atoms with E-state index in [1.165, 1.54) is 5.57 Å². The van der Waals surface area contributed by atoms with Crippen LogP contribution in [0.3, 0.4) is 0 Å². The van der Waals surface area contributed by atoms with Crippen molar-refractivity contribution >= 4 is 0 Å². The van der Waals surface area contributed by atoms with E-state index in [1.54, 1.807) is 6.08 Å². The van der Waals surface area contributed by atoms with Gasteiger partial charge >= 0.3 is 0 Å². The Morgan fingerprint density at radius 1 is 1.13 bits per heavy atom. The Balaban J connectivity index is 4.80. The molecule has 0 rings (SSSR count). The van der Waals surface area contributed by atoms with Crippen LogP contribution in [0.15, 0.2) is 60.8 Å². The molecule has 0 saturated carbocycles. The van der Waals surface area contributed by atoms with Crippen molar-refractivity contribution in [3.63, 3.8) is 0 Å². The molecule has 0 heterocycles. The summed E-state index contributed by atoms with van der Waals surface area (Å²) < 4.78 is 0. The minimum Gasteiger partial charge on any atom is -0.0988 e. The van der Waals surface area contributed by atoms with Gasteiger partial charge in [0.1, 0.15) is 0 Å². The molecule has 0 fully saturated rings. The normalized spacial score (nSPS) is 12.0. The van der Waals surface area contributed by atoms with Gasteiger partial charge in [-0.1, -0.05) is 49.8 Å². The molecule has 0 atom stereocenters. The van der Waals surface area contributed by atoms with E-state index in [0.29, 0.717) is 0 Å². The maximum atomic E-state index is 3.80. The topological polar surface area (TPSA) is 0 Å². The summed E-state index contributed by atoms with van der Waals surface area (Å²) in [5, 5.41) is 0. The molecule has 78 valence electrons. The zero-order valence-electron chi connectivity index (χ0n) is 9.64. The van der Waals surface area contributed by atoms with Crippen molar-refractivity contribution in [2.75, 3.05) is 0 Å². The van der Waals surface area contributed by atoms with Crippen LogP contribution in [0.5, 0.6) is 0 Å².